The largest absolute Gasteiger partial charge is 0.369 e. The monoisotopic (exact) mass is 378 g/mol. The number of benzene rings is 2. The van der Waals surface area contributed by atoms with Gasteiger partial charge < -0.3 is 16.4 Å². The second-order valence-corrected chi connectivity index (χ2v) is 6.56. The molecular weight excluding hydrogens is 356 g/mol. The van der Waals surface area contributed by atoms with Crippen LogP contribution in [0.3, 0.4) is 0 Å². The molecule has 0 saturated heterocycles. The topological polar surface area (TPSA) is 121 Å². The fourth-order valence-corrected chi connectivity index (χ4v) is 2.58. The van der Waals surface area contributed by atoms with Gasteiger partial charge in [-0.2, -0.15) is 4.99 Å². The molecule has 8 heteroatoms. The molecule has 5 N–H and O–H groups in total. The number of carbonyl (C=O) groups excluding carboxylic acids is 2. The molecule has 0 spiro atoms. The minimum Gasteiger partial charge on any atom is -0.369 e. The summed E-state index contributed by atoms with van der Waals surface area (Å²) >= 11 is 0. The van der Waals surface area contributed by atoms with Gasteiger partial charge in [-0.05, 0) is 38.1 Å². The highest BCUT2D eigenvalue weighted by Crippen LogP contribution is 2.12. The summed E-state index contributed by atoms with van der Waals surface area (Å²) in [7, 11) is 0. The summed E-state index contributed by atoms with van der Waals surface area (Å²) in [6.07, 6.45) is -0.0793. The van der Waals surface area contributed by atoms with Crippen LogP contribution in [0, 0.1) is 13.8 Å². The van der Waals surface area contributed by atoms with Crippen LogP contribution in [0.1, 0.15) is 17.5 Å². The van der Waals surface area contributed by atoms with Crippen LogP contribution in [0.4, 0.5) is 11.4 Å². The number of rotatable bonds is 4. The number of nitrogens with two attached hydrogens (primary N) is 1. The zero-order valence-electron chi connectivity index (χ0n) is 15.7. The first-order chi connectivity index (χ1) is 13.4. The maximum absolute atomic E-state index is 12.2. The Balaban J connectivity index is 1.59. The maximum atomic E-state index is 12.2. The van der Waals surface area contributed by atoms with Crippen LogP contribution in [0.2, 0.25) is 0 Å². The van der Waals surface area contributed by atoms with Crippen molar-refractivity contribution in [3.63, 3.8) is 0 Å². The number of aryl methyl sites for hydroxylation is 2. The second kappa shape index (κ2) is 8.34. The Morgan fingerprint density at radius 3 is 2.14 bits per heavy atom. The average molecular weight is 378 g/mol. The molecule has 1 aliphatic heterocycles. The number of aliphatic imine (C=N–C) groups is 2. The predicted molar refractivity (Wildman–Crippen MR) is 110 cm³/mol. The van der Waals surface area contributed by atoms with Gasteiger partial charge in [0.15, 0.2) is 0 Å². The molecule has 0 saturated carbocycles. The minimum atomic E-state index is -0.837. The van der Waals surface area contributed by atoms with Gasteiger partial charge in [0.05, 0.1) is 6.42 Å². The molecule has 2 aromatic rings. The Labute approximate surface area is 163 Å². The molecule has 1 unspecified atom stereocenters. The van der Waals surface area contributed by atoms with Gasteiger partial charge in [0, 0.05) is 11.4 Å². The van der Waals surface area contributed by atoms with Crippen molar-refractivity contribution in [3.8, 4) is 0 Å². The fourth-order valence-electron chi connectivity index (χ4n) is 2.58. The van der Waals surface area contributed by atoms with E-state index in [9.17, 15) is 9.59 Å². The van der Waals surface area contributed by atoms with Crippen LogP contribution < -0.4 is 21.7 Å². The number of anilines is 2. The Bertz CT molecular complexity index is 932. The Morgan fingerprint density at radius 1 is 1.04 bits per heavy atom. The first-order valence-corrected chi connectivity index (χ1v) is 8.82. The van der Waals surface area contributed by atoms with E-state index in [0.29, 0.717) is 5.69 Å². The van der Waals surface area contributed by atoms with Crippen molar-refractivity contribution < 1.29 is 9.59 Å². The number of hydrogen-bond acceptors (Lipinski definition) is 4. The van der Waals surface area contributed by atoms with Gasteiger partial charge in [-0.15, -0.1) is 0 Å². The molecule has 1 atom stereocenters. The maximum Gasteiger partial charge on any atom is 0.252 e. The summed E-state index contributed by atoms with van der Waals surface area (Å²) < 4.78 is 0. The van der Waals surface area contributed by atoms with Crippen molar-refractivity contribution in [1.82, 2.24) is 5.32 Å². The normalized spacial score (nSPS) is 16.4. The summed E-state index contributed by atoms with van der Waals surface area (Å²) in [4.78, 5) is 32.4. The standard InChI is InChI=1S/C20H22N6O2/c1-12-3-7-14(8-4-12)22-17(27)11-16-18(28)25-20(24-16)26-19(21)23-15-9-5-13(2)6-10-15/h3-10,16H,11H2,1-2H3,(H,22,27)(H4,21,23,24,25,26,28). The molecule has 0 bridgehead atoms. The van der Waals surface area contributed by atoms with E-state index in [1.165, 1.54) is 0 Å². The number of guanidine groups is 2. The molecule has 0 aliphatic carbocycles. The Kier molecular flexibility index (Phi) is 5.69. The van der Waals surface area contributed by atoms with E-state index in [1.807, 2.05) is 50.2 Å². The summed E-state index contributed by atoms with van der Waals surface area (Å²) in [5.74, 6) is -0.521. The van der Waals surface area contributed by atoms with Gasteiger partial charge in [0.1, 0.15) is 6.04 Å². The van der Waals surface area contributed by atoms with Crippen molar-refractivity contribution in [2.45, 2.75) is 26.3 Å². The summed E-state index contributed by atoms with van der Waals surface area (Å²) in [6.45, 7) is 3.95. The molecule has 0 fully saturated rings. The highest BCUT2D eigenvalue weighted by Gasteiger charge is 2.28. The predicted octanol–water partition coefficient (Wildman–Crippen LogP) is 1.91. The van der Waals surface area contributed by atoms with Crippen molar-refractivity contribution in [2.24, 2.45) is 15.7 Å². The third kappa shape index (κ3) is 5.16. The fraction of sp³-hybridized carbons (Fsp3) is 0.200. The van der Waals surface area contributed by atoms with Gasteiger partial charge in [0.25, 0.3) is 5.91 Å². The first-order valence-electron chi connectivity index (χ1n) is 8.82. The average Bonchev–Trinajstić information content (AvgIpc) is 2.97. The van der Waals surface area contributed by atoms with Crippen molar-refractivity contribution in [1.29, 1.82) is 0 Å². The highest BCUT2D eigenvalue weighted by atomic mass is 16.2. The number of carbonyl (C=O) groups is 2. The van der Waals surface area contributed by atoms with Crippen molar-refractivity contribution in [2.75, 3.05) is 10.6 Å². The van der Waals surface area contributed by atoms with E-state index < -0.39 is 6.04 Å². The Morgan fingerprint density at radius 2 is 1.57 bits per heavy atom. The lowest BCUT2D eigenvalue weighted by Crippen LogP contribution is -2.32. The minimum absolute atomic E-state index is 0.0789. The van der Waals surface area contributed by atoms with Gasteiger partial charge in [-0.1, -0.05) is 35.4 Å². The van der Waals surface area contributed by atoms with Crippen LogP contribution in [0.5, 0.6) is 0 Å². The summed E-state index contributed by atoms with van der Waals surface area (Å²) in [6, 6.07) is 14.2. The van der Waals surface area contributed by atoms with E-state index >= 15 is 0 Å². The van der Waals surface area contributed by atoms with Crippen LogP contribution in [-0.2, 0) is 9.59 Å². The molecule has 1 aliphatic rings. The molecule has 28 heavy (non-hydrogen) atoms. The molecule has 0 radical (unpaired) electrons. The van der Waals surface area contributed by atoms with Gasteiger partial charge in [-0.3, -0.25) is 14.9 Å². The van der Waals surface area contributed by atoms with E-state index in [2.05, 4.69) is 25.9 Å². The third-order valence-corrected chi connectivity index (χ3v) is 4.08. The van der Waals surface area contributed by atoms with Gasteiger partial charge >= 0.3 is 0 Å². The third-order valence-electron chi connectivity index (χ3n) is 4.08. The highest BCUT2D eigenvalue weighted by molar-refractivity contribution is 6.11. The quantitative estimate of drug-likeness (QED) is 0.480. The molecule has 2 amide bonds. The molecule has 2 aromatic carbocycles. The zero-order valence-corrected chi connectivity index (χ0v) is 15.7. The summed E-state index contributed by atoms with van der Waals surface area (Å²) in [5, 5.41) is 8.20. The van der Waals surface area contributed by atoms with Gasteiger partial charge in [-0.25, -0.2) is 4.99 Å². The smallest absolute Gasteiger partial charge is 0.252 e. The lowest BCUT2D eigenvalue weighted by molar-refractivity contribution is -0.123. The van der Waals surface area contributed by atoms with Gasteiger partial charge in [0.2, 0.25) is 17.8 Å². The van der Waals surface area contributed by atoms with E-state index in [1.54, 1.807) is 12.1 Å². The first kappa shape index (κ1) is 19.1. The lowest BCUT2D eigenvalue weighted by atomic mass is 10.2. The second-order valence-electron chi connectivity index (χ2n) is 6.56. The summed E-state index contributed by atoms with van der Waals surface area (Å²) in [5.41, 5.74) is 9.52. The number of hydrogen-bond donors (Lipinski definition) is 4. The SMILES string of the molecule is Cc1ccc(NC(=O)CC2N=C(/N=C(\N)Nc3ccc(C)cc3)NC2=O)cc1. The Hall–Kier alpha value is -3.68. The van der Waals surface area contributed by atoms with E-state index in [-0.39, 0.29) is 30.2 Å². The van der Waals surface area contributed by atoms with E-state index in [0.717, 1.165) is 16.8 Å². The van der Waals surface area contributed by atoms with Crippen LogP contribution in [0.25, 0.3) is 0 Å². The molecule has 3 rings (SSSR count). The van der Waals surface area contributed by atoms with Crippen LogP contribution in [-0.4, -0.2) is 29.8 Å². The van der Waals surface area contributed by atoms with Crippen LogP contribution >= 0.6 is 0 Å². The number of amides is 2. The van der Waals surface area contributed by atoms with E-state index in [4.69, 9.17) is 5.73 Å². The van der Waals surface area contributed by atoms with Crippen LogP contribution in [0.15, 0.2) is 58.5 Å². The number of nitrogens with one attached hydrogen (secondary N) is 3. The molecule has 8 nitrogen and oxygen atoms in total. The molecular formula is C20H22N6O2. The number of nitrogens with zero attached hydrogens (tertiary/aromatic N) is 2. The van der Waals surface area contributed by atoms with Crippen molar-refractivity contribution >= 4 is 35.1 Å². The molecule has 1 heterocycles. The molecule has 0 aromatic heterocycles. The molecule has 144 valence electrons. The van der Waals surface area contributed by atoms with Crippen molar-refractivity contribution in [3.05, 3.63) is 59.7 Å². The lowest BCUT2D eigenvalue weighted by Gasteiger charge is -2.07. The zero-order chi connectivity index (χ0) is 20.1.